The van der Waals surface area contributed by atoms with Crippen LogP contribution in [-0.4, -0.2) is 27.9 Å². The zero-order valence-corrected chi connectivity index (χ0v) is 12.2. The van der Waals surface area contributed by atoms with Crippen molar-refractivity contribution in [3.05, 3.63) is 30.1 Å². The number of nitrogens with two attached hydrogens (primary N) is 1. The highest BCUT2D eigenvalue weighted by Crippen LogP contribution is 2.30. The Balaban J connectivity index is 1.53. The van der Waals surface area contributed by atoms with Crippen LogP contribution < -0.4 is 15.8 Å². The third kappa shape index (κ3) is 3.87. The van der Waals surface area contributed by atoms with Crippen molar-refractivity contribution in [3.63, 3.8) is 0 Å². The van der Waals surface area contributed by atoms with Crippen LogP contribution in [0.4, 0.5) is 11.5 Å². The molecule has 1 fully saturated rings. The number of aromatic nitrogens is 3. The Morgan fingerprint density at radius 2 is 2.29 bits per heavy atom. The summed E-state index contributed by atoms with van der Waals surface area (Å²) in [6.45, 7) is 4.29. The minimum absolute atomic E-state index is 0.529. The molecule has 6 nitrogen and oxygen atoms in total. The number of ether oxygens (including phenoxy) is 1. The molecule has 0 amide bonds. The standard InChI is InChI=1S/C15H21N5O/c1-11-8-18-20(9-11)7-6-17-14-5-4-13(16)15(19-14)21-10-12-2-3-12/h4-5,8-9,12H,2-3,6-7,10,16H2,1H3,(H,17,19). The van der Waals surface area contributed by atoms with Gasteiger partial charge in [0.2, 0.25) is 5.88 Å². The molecule has 6 heteroatoms. The van der Waals surface area contributed by atoms with Crippen molar-refractivity contribution in [2.45, 2.75) is 26.3 Å². The van der Waals surface area contributed by atoms with Gasteiger partial charge in [-0.1, -0.05) is 0 Å². The van der Waals surface area contributed by atoms with Crippen molar-refractivity contribution in [3.8, 4) is 5.88 Å². The number of pyridine rings is 1. The van der Waals surface area contributed by atoms with Gasteiger partial charge < -0.3 is 15.8 Å². The van der Waals surface area contributed by atoms with E-state index in [4.69, 9.17) is 10.5 Å². The number of nitrogen functional groups attached to an aromatic ring is 1. The highest BCUT2D eigenvalue weighted by molar-refractivity contribution is 5.53. The van der Waals surface area contributed by atoms with E-state index >= 15 is 0 Å². The maximum atomic E-state index is 5.89. The first-order valence-electron chi connectivity index (χ1n) is 7.33. The molecular formula is C15H21N5O. The molecule has 0 aliphatic heterocycles. The Labute approximate surface area is 124 Å². The summed E-state index contributed by atoms with van der Waals surface area (Å²) in [5.41, 5.74) is 7.64. The van der Waals surface area contributed by atoms with Crippen molar-refractivity contribution in [1.82, 2.24) is 14.8 Å². The Bertz CT molecular complexity index is 606. The molecule has 0 aromatic carbocycles. The number of nitrogens with one attached hydrogen (secondary N) is 1. The minimum Gasteiger partial charge on any atom is -0.476 e. The van der Waals surface area contributed by atoms with Gasteiger partial charge >= 0.3 is 0 Å². The van der Waals surface area contributed by atoms with Crippen LogP contribution >= 0.6 is 0 Å². The van der Waals surface area contributed by atoms with Crippen molar-refractivity contribution < 1.29 is 4.74 Å². The average molecular weight is 287 g/mol. The molecular weight excluding hydrogens is 266 g/mol. The fourth-order valence-corrected chi connectivity index (χ4v) is 2.03. The molecule has 2 aromatic rings. The number of hydrogen-bond donors (Lipinski definition) is 2. The van der Waals surface area contributed by atoms with E-state index in [0.29, 0.717) is 24.1 Å². The molecule has 112 valence electrons. The second-order valence-corrected chi connectivity index (χ2v) is 5.55. The number of aryl methyl sites for hydroxylation is 1. The fourth-order valence-electron chi connectivity index (χ4n) is 2.03. The van der Waals surface area contributed by atoms with E-state index in [0.717, 1.165) is 24.5 Å². The van der Waals surface area contributed by atoms with Gasteiger partial charge in [0.1, 0.15) is 5.82 Å². The van der Waals surface area contributed by atoms with E-state index in [1.807, 2.05) is 36.1 Å². The lowest BCUT2D eigenvalue weighted by Crippen LogP contribution is -2.12. The number of nitrogens with zero attached hydrogens (tertiary/aromatic N) is 3. The monoisotopic (exact) mass is 287 g/mol. The lowest BCUT2D eigenvalue weighted by molar-refractivity contribution is 0.290. The predicted molar refractivity (Wildman–Crippen MR) is 82.3 cm³/mol. The van der Waals surface area contributed by atoms with Gasteiger partial charge in [-0.3, -0.25) is 4.68 Å². The molecule has 2 heterocycles. The molecule has 2 aromatic heterocycles. The maximum absolute atomic E-state index is 5.89. The molecule has 0 spiro atoms. The number of hydrogen-bond acceptors (Lipinski definition) is 5. The summed E-state index contributed by atoms with van der Waals surface area (Å²) in [6.07, 6.45) is 6.37. The largest absolute Gasteiger partial charge is 0.476 e. The maximum Gasteiger partial charge on any atom is 0.239 e. The van der Waals surface area contributed by atoms with Crippen molar-refractivity contribution >= 4 is 11.5 Å². The van der Waals surface area contributed by atoms with Gasteiger partial charge in [0, 0.05) is 12.7 Å². The Kier molecular flexibility index (Phi) is 3.94. The lowest BCUT2D eigenvalue weighted by Gasteiger charge is -2.10. The predicted octanol–water partition coefficient (Wildman–Crippen LogP) is 2.07. The van der Waals surface area contributed by atoms with Gasteiger partial charge in [-0.25, -0.2) is 0 Å². The first-order chi connectivity index (χ1) is 10.2. The third-order valence-corrected chi connectivity index (χ3v) is 3.45. The van der Waals surface area contributed by atoms with Gasteiger partial charge in [0.05, 0.1) is 25.0 Å². The normalized spacial score (nSPS) is 14.1. The summed E-state index contributed by atoms with van der Waals surface area (Å²) < 4.78 is 7.58. The molecule has 0 saturated heterocycles. The summed E-state index contributed by atoms with van der Waals surface area (Å²) >= 11 is 0. The smallest absolute Gasteiger partial charge is 0.239 e. The second-order valence-electron chi connectivity index (χ2n) is 5.55. The quantitative estimate of drug-likeness (QED) is 0.815. The molecule has 1 aliphatic carbocycles. The first kappa shape index (κ1) is 13.7. The molecule has 0 unspecified atom stereocenters. The van der Waals surface area contributed by atoms with Gasteiger partial charge in [-0.05, 0) is 43.4 Å². The second kappa shape index (κ2) is 6.03. The minimum atomic E-state index is 0.529. The number of anilines is 2. The lowest BCUT2D eigenvalue weighted by atomic mass is 10.4. The Morgan fingerprint density at radius 1 is 1.43 bits per heavy atom. The SMILES string of the molecule is Cc1cnn(CCNc2ccc(N)c(OCC3CC3)n2)c1. The van der Waals surface area contributed by atoms with Crippen molar-refractivity contribution in [2.75, 3.05) is 24.2 Å². The fraction of sp³-hybridized carbons (Fsp3) is 0.467. The van der Waals surface area contributed by atoms with Crippen molar-refractivity contribution in [2.24, 2.45) is 5.92 Å². The summed E-state index contributed by atoms with van der Waals surface area (Å²) in [7, 11) is 0. The topological polar surface area (TPSA) is 78.0 Å². The average Bonchev–Trinajstić information content (AvgIpc) is 3.21. The summed E-state index contributed by atoms with van der Waals surface area (Å²) in [4.78, 5) is 4.42. The first-order valence-corrected chi connectivity index (χ1v) is 7.33. The van der Waals surface area contributed by atoms with Crippen LogP contribution in [0.25, 0.3) is 0 Å². The summed E-state index contributed by atoms with van der Waals surface area (Å²) in [6, 6.07) is 3.70. The molecule has 0 atom stereocenters. The summed E-state index contributed by atoms with van der Waals surface area (Å²) in [5, 5.41) is 7.51. The third-order valence-electron chi connectivity index (χ3n) is 3.45. The van der Waals surface area contributed by atoms with E-state index < -0.39 is 0 Å². The molecule has 0 radical (unpaired) electrons. The van der Waals surface area contributed by atoms with Crippen LogP contribution in [0.15, 0.2) is 24.5 Å². The highest BCUT2D eigenvalue weighted by atomic mass is 16.5. The van der Waals surface area contributed by atoms with Gasteiger partial charge in [-0.15, -0.1) is 0 Å². The molecule has 1 aliphatic rings. The molecule has 21 heavy (non-hydrogen) atoms. The highest BCUT2D eigenvalue weighted by Gasteiger charge is 2.22. The van der Waals surface area contributed by atoms with Gasteiger partial charge in [-0.2, -0.15) is 10.1 Å². The van der Waals surface area contributed by atoms with E-state index in [-0.39, 0.29) is 0 Å². The van der Waals surface area contributed by atoms with E-state index in [1.165, 1.54) is 12.8 Å². The van der Waals surface area contributed by atoms with Gasteiger partial charge in [0.15, 0.2) is 0 Å². The zero-order valence-electron chi connectivity index (χ0n) is 12.2. The van der Waals surface area contributed by atoms with Crippen LogP contribution in [0.2, 0.25) is 0 Å². The zero-order chi connectivity index (χ0) is 14.7. The molecule has 0 bridgehead atoms. The molecule has 1 saturated carbocycles. The molecule has 3 rings (SSSR count). The van der Waals surface area contributed by atoms with Crippen molar-refractivity contribution in [1.29, 1.82) is 0 Å². The van der Waals surface area contributed by atoms with Gasteiger partial charge in [0.25, 0.3) is 0 Å². The van der Waals surface area contributed by atoms with Crippen LogP contribution in [0.1, 0.15) is 18.4 Å². The van der Waals surface area contributed by atoms with E-state index in [1.54, 1.807) is 0 Å². The van der Waals surface area contributed by atoms with E-state index in [2.05, 4.69) is 15.4 Å². The van der Waals surface area contributed by atoms with Crippen LogP contribution in [0, 0.1) is 12.8 Å². The summed E-state index contributed by atoms with van der Waals surface area (Å²) in [5.74, 6) is 1.99. The Morgan fingerprint density at radius 3 is 3.00 bits per heavy atom. The van der Waals surface area contributed by atoms with Crippen LogP contribution in [0.3, 0.4) is 0 Å². The van der Waals surface area contributed by atoms with Crippen LogP contribution in [-0.2, 0) is 6.54 Å². The molecule has 3 N–H and O–H groups in total. The number of rotatable bonds is 7. The van der Waals surface area contributed by atoms with E-state index in [9.17, 15) is 0 Å². The Hall–Kier alpha value is -2.24. The van der Waals surface area contributed by atoms with Crippen LogP contribution in [0.5, 0.6) is 5.88 Å².